The van der Waals surface area contributed by atoms with Crippen LogP contribution in [0.1, 0.15) is 5.56 Å². The number of halogens is 1. The van der Waals surface area contributed by atoms with Gasteiger partial charge in [-0.1, -0.05) is 15.9 Å². The summed E-state index contributed by atoms with van der Waals surface area (Å²) in [5.74, 6) is -0.599. The van der Waals surface area contributed by atoms with Gasteiger partial charge < -0.3 is 5.73 Å². The van der Waals surface area contributed by atoms with E-state index in [1.165, 1.54) is 18.2 Å². The predicted octanol–water partition coefficient (Wildman–Crippen LogP) is 1.86. The van der Waals surface area contributed by atoms with Crippen molar-refractivity contribution in [3.8, 4) is 0 Å². The van der Waals surface area contributed by atoms with Crippen molar-refractivity contribution in [3.63, 3.8) is 0 Å². The molecule has 0 heterocycles. The summed E-state index contributed by atoms with van der Waals surface area (Å²) < 4.78 is 0.570. The predicted molar refractivity (Wildman–Crippen MR) is 59.0 cm³/mol. The first kappa shape index (κ1) is 11.4. The topological polar surface area (TPSA) is 86.2 Å². The van der Waals surface area contributed by atoms with Gasteiger partial charge in [-0.15, -0.1) is 0 Å². The first-order valence-electron chi connectivity index (χ1n) is 3.91. The van der Waals surface area contributed by atoms with E-state index in [0.29, 0.717) is 10.0 Å². The third kappa shape index (κ3) is 3.51. The van der Waals surface area contributed by atoms with Crippen LogP contribution in [0.4, 0.5) is 5.69 Å². The maximum Gasteiger partial charge on any atom is 0.271 e. The second-order valence-corrected chi connectivity index (χ2v) is 3.65. The molecule has 1 aromatic carbocycles. The minimum atomic E-state index is -0.599. The number of hydrogen-bond acceptors (Lipinski definition) is 3. The van der Waals surface area contributed by atoms with Gasteiger partial charge in [0.25, 0.3) is 5.69 Å². The van der Waals surface area contributed by atoms with E-state index >= 15 is 0 Å². The minimum absolute atomic E-state index is 0.0477. The van der Waals surface area contributed by atoms with Crippen LogP contribution < -0.4 is 5.73 Å². The Morgan fingerprint density at radius 1 is 1.47 bits per heavy atom. The maximum absolute atomic E-state index is 10.5. The Morgan fingerprint density at radius 2 is 2.13 bits per heavy atom. The fourth-order valence-electron chi connectivity index (χ4n) is 0.976. The Labute approximate surface area is 93.9 Å². The van der Waals surface area contributed by atoms with Gasteiger partial charge in [0.15, 0.2) is 0 Å². The van der Waals surface area contributed by atoms with Crippen molar-refractivity contribution in [1.82, 2.24) is 0 Å². The van der Waals surface area contributed by atoms with Crippen LogP contribution in [0.15, 0.2) is 28.7 Å². The highest BCUT2D eigenvalue weighted by molar-refractivity contribution is 9.10. The molecule has 0 saturated carbocycles. The summed E-state index contributed by atoms with van der Waals surface area (Å²) in [4.78, 5) is 20.5. The van der Waals surface area contributed by atoms with E-state index in [1.807, 2.05) is 0 Å². The van der Waals surface area contributed by atoms with Crippen molar-refractivity contribution in [2.24, 2.45) is 5.73 Å². The van der Waals surface area contributed by atoms with Gasteiger partial charge in [0, 0.05) is 22.7 Å². The van der Waals surface area contributed by atoms with Crippen LogP contribution in [0.2, 0.25) is 0 Å². The van der Waals surface area contributed by atoms with Crippen molar-refractivity contribution >= 4 is 33.6 Å². The summed E-state index contributed by atoms with van der Waals surface area (Å²) in [5, 5.41) is 10.5. The molecule has 2 N–H and O–H groups in total. The molecule has 0 aliphatic carbocycles. The molecule has 0 aromatic heterocycles. The third-order valence-corrected chi connectivity index (χ3v) is 2.01. The Morgan fingerprint density at radius 3 is 2.67 bits per heavy atom. The summed E-state index contributed by atoms with van der Waals surface area (Å²) in [7, 11) is 0. The van der Waals surface area contributed by atoms with Gasteiger partial charge in [-0.25, -0.2) is 0 Å². The smallest absolute Gasteiger partial charge is 0.271 e. The molecular weight excluding hydrogens is 264 g/mol. The first-order chi connectivity index (χ1) is 6.99. The Kier molecular flexibility index (Phi) is 3.56. The highest BCUT2D eigenvalue weighted by Crippen LogP contribution is 2.21. The lowest BCUT2D eigenvalue weighted by atomic mass is 10.2. The van der Waals surface area contributed by atoms with E-state index in [0.717, 1.165) is 6.08 Å². The van der Waals surface area contributed by atoms with Crippen molar-refractivity contribution in [2.75, 3.05) is 0 Å². The van der Waals surface area contributed by atoms with E-state index in [9.17, 15) is 14.9 Å². The maximum atomic E-state index is 10.5. The van der Waals surface area contributed by atoms with Crippen LogP contribution in [-0.2, 0) is 4.79 Å². The lowest BCUT2D eigenvalue weighted by molar-refractivity contribution is -0.384. The molecule has 6 heteroatoms. The molecule has 0 bridgehead atoms. The van der Waals surface area contributed by atoms with E-state index in [2.05, 4.69) is 15.9 Å². The Bertz CT molecular complexity index is 443. The molecule has 1 aromatic rings. The summed E-state index contributed by atoms with van der Waals surface area (Å²) in [6, 6.07) is 4.37. The number of carbonyl (C=O) groups is 1. The minimum Gasteiger partial charge on any atom is -0.366 e. The average molecular weight is 271 g/mol. The standard InChI is InChI=1S/C9H7BrN2O3/c10-7-3-6(1-2-9(11)13)4-8(5-7)12(14)15/h1-5H,(H2,11,13)/b2-1+. The molecule has 1 rings (SSSR count). The number of primary amides is 1. The van der Waals surface area contributed by atoms with Crippen LogP contribution >= 0.6 is 15.9 Å². The van der Waals surface area contributed by atoms with Crippen LogP contribution in [-0.4, -0.2) is 10.8 Å². The number of nitro benzene ring substituents is 1. The summed E-state index contributed by atoms with van der Waals surface area (Å²) in [5.41, 5.74) is 5.39. The molecule has 1 amide bonds. The highest BCUT2D eigenvalue weighted by Gasteiger charge is 2.06. The van der Waals surface area contributed by atoms with Crippen LogP contribution in [0.5, 0.6) is 0 Å². The highest BCUT2D eigenvalue weighted by atomic mass is 79.9. The number of nitro groups is 1. The number of nitrogens with zero attached hydrogens (tertiary/aromatic N) is 1. The van der Waals surface area contributed by atoms with Crippen molar-refractivity contribution in [3.05, 3.63) is 44.4 Å². The zero-order valence-corrected chi connectivity index (χ0v) is 9.10. The fourth-order valence-corrected chi connectivity index (χ4v) is 1.48. The lowest BCUT2D eigenvalue weighted by Crippen LogP contribution is -2.05. The Hall–Kier alpha value is -1.69. The molecule has 78 valence electrons. The van der Waals surface area contributed by atoms with Crippen molar-refractivity contribution in [1.29, 1.82) is 0 Å². The molecular formula is C9H7BrN2O3. The third-order valence-electron chi connectivity index (χ3n) is 1.56. The van der Waals surface area contributed by atoms with Gasteiger partial charge in [0.1, 0.15) is 0 Å². The van der Waals surface area contributed by atoms with E-state index < -0.39 is 10.8 Å². The molecule has 0 radical (unpaired) electrons. The SMILES string of the molecule is NC(=O)/C=C/c1cc(Br)cc([N+](=O)[O-])c1. The zero-order valence-electron chi connectivity index (χ0n) is 7.51. The van der Waals surface area contributed by atoms with E-state index in [1.54, 1.807) is 6.07 Å². The molecule has 0 aliphatic rings. The number of benzene rings is 1. The van der Waals surface area contributed by atoms with Crippen LogP contribution in [0.25, 0.3) is 6.08 Å². The zero-order chi connectivity index (χ0) is 11.4. The molecule has 0 unspecified atom stereocenters. The quantitative estimate of drug-likeness (QED) is 0.517. The molecule has 0 fully saturated rings. The monoisotopic (exact) mass is 270 g/mol. The lowest BCUT2D eigenvalue weighted by Gasteiger charge is -1.96. The van der Waals surface area contributed by atoms with Gasteiger partial charge in [0.2, 0.25) is 5.91 Å². The summed E-state index contributed by atoms with van der Waals surface area (Å²) in [6.07, 6.45) is 2.56. The van der Waals surface area contributed by atoms with E-state index in [-0.39, 0.29) is 5.69 Å². The number of non-ortho nitro benzene ring substituents is 1. The first-order valence-corrected chi connectivity index (χ1v) is 4.71. The van der Waals surface area contributed by atoms with Gasteiger partial charge in [-0.3, -0.25) is 14.9 Å². The molecule has 0 saturated heterocycles. The van der Waals surface area contributed by atoms with Gasteiger partial charge >= 0.3 is 0 Å². The molecule has 0 aliphatic heterocycles. The number of hydrogen-bond donors (Lipinski definition) is 1. The van der Waals surface area contributed by atoms with Crippen LogP contribution in [0.3, 0.4) is 0 Å². The van der Waals surface area contributed by atoms with Gasteiger partial charge in [-0.05, 0) is 17.7 Å². The number of rotatable bonds is 3. The second-order valence-electron chi connectivity index (χ2n) is 2.74. The summed E-state index contributed by atoms with van der Waals surface area (Å²) >= 11 is 3.13. The number of carbonyl (C=O) groups excluding carboxylic acids is 1. The average Bonchev–Trinajstić information content (AvgIpc) is 2.13. The number of nitrogens with two attached hydrogens (primary N) is 1. The normalized spacial score (nSPS) is 10.5. The van der Waals surface area contributed by atoms with Crippen molar-refractivity contribution in [2.45, 2.75) is 0 Å². The van der Waals surface area contributed by atoms with Gasteiger partial charge in [0.05, 0.1) is 4.92 Å². The molecule has 0 spiro atoms. The largest absolute Gasteiger partial charge is 0.366 e. The van der Waals surface area contributed by atoms with Crippen LogP contribution in [0, 0.1) is 10.1 Å². The molecule has 0 atom stereocenters. The number of amides is 1. The Balaban J connectivity index is 3.09. The molecule has 5 nitrogen and oxygen atoms in total. The van der Waals surface area contributed by atoms with Gasteiger partial charge in [-0.2, -0.15) is 0 Å². The van der Waals surface area contributed by atoms with E-state index in [4.69, 9.17) is 5.73 Å². The molecule has 15 heavy (non-hydrogen) atoms. The summed E-state index contributed by atoms with van der Waals surface area (Å²) in [6.45, 7) is 0. The second kappa shape index (κ2) is 4.70. The fraction of sp³-hybridized carbons (Fsp3) is 0. The van der Waals surface area contributed by atoms with Crippen molar-refractivity contribution < 1.29 is 9.72 Å².